The first-order valence-electron chi connectivity index (χ1n) is 3.98. The van der Waals surface area contributed by atoms with Crippen molar-refractivity contribution in [1.29, 1.82) is 0 Å². The smallest absolute Gasteiger partial charge is 0.327 e. The van der Waals surface area contributed by atoms with Crippen LogP contribution in [0.5, 0.6) is 0 Å². The molecule has 1 aromatic rings. The summed E-state index contributed by atoms with van der Waals surface area (Å²) in [6, 6.07) is 0.0453. The van der Waals surface area contributed by atoms with E-state index in [1.807, 2.05) is 13.8 Å². The lowest BCUT2D eigenvalue weighted by Crippen LogP contribution is -2.29. The van der Waals surface area contributed by atoms with Crippen LogP contribution in [-0.2, 0) is 6.42 Å². The predicted octanol–water partition coefficient (Wildman–Crippen LogP) is -0.376. The SMILES string of the molecule is CC(C)C(N)Cc1n[nH]c(=O)[nH]1. The number of rotatable bonds is 3. The first-order valence-corrected chi connectivity index (χ1v) is 3.98. The maximum Gasteiger partial charge on any atom is 0.340 e. The number of nitrogens with two attached hydrogens (primary N) is 1. The second-order valence-electron chi connectivity index (χ2n) is 3.24. The zero-order chi connectivity index (χ0) is 9.14. The first kappa shape index (κ1) is 8.99. The van der Waals surface area contributed by atoms with Gasteiger partial charge in [0.25, 0.3) is 0 Å². The van der Waals surface area contributed by atoms with Gasteiger partial charge in [0.2, 0.25) is 0 Å². The van der Waals surface area contributed by atoms with Crippen LogP contribution in [0.1, 0.15) is 19.7 Å². The summed E-state index contributed by atoms with van der Waals surface area (Å²) >= 11 is 0. The lowest BCUT2D eigenvalue weighted by molar-refractivity contribution is 0.482. The number of aromatic nitrogens is 3. The number of nitrogens with zero attached hydrogens (tertiary/aromatic N) is 1. The van der Waals surface area contributed by atoms with Gasteiger partial charge in [0.15, 0.2) is 0 Å². The summed E-state index contributed by atoms with van der Waals surface area (Å²) < 4.78 is 0. The fourth-order valence-electron chi connectivity index (χ4n) is 0.861. The summed E-state index contributed by atoms with van der Waals surface area (Å²) in [5.41, 5.74) is 5.50. The van der Waals surface area contributed by atoms with Gasteiger partial charge in [0.05, 0.1) is 0 Å². The van der Waals surface area contributed by atoms with E-state index in [2.05, 4.69) is 15.2 Å². The number of nitrogens with one attached hydrogen (secondary N) is 2. The first-order chi connectivity index (χ1) is 5.59. The highest BCUT2D eigenvalue weighted by Gasteiger charge is 2.10. The van der Waals surface area contributed by atoms with E-state index in [-0.39, 0.29) is 11.7 Å². The normalized spacial score (nSPS) is 13.7. The molecule has 5 nitrogen and oxygen atoms in total. The molecule has 1 unspecified atom stereocenters. The van der Waals surface area contributed by atoms with Crippen molar-refractivity contribution < 1.29 is 0 Å². The molecule has 1 aromatic heterocycles. The van der Waals surface area contributed by atoms with Gasteiger partial charge in [-0.1, -0.05) is 13.8 Å². The highest BCUT2D eigenvalue weighted by atomic mass is 16.1. The second-order valence-corrected chi connectivity index (χ2v) is 3.24. The Kier molecular flexibility index (Phi) is 2.65. The van der Waals surface area contributed by atoms with Crippen LogP contribution in [0.2, 0.25) is 0 Å². The maximum atomic E-state index is 10.6. The minimum Gasteiger partial charge on any atom is -0.327 e. The monoisotopic (exact) mass is 170 g/mol. The van der Waals surface area contributed by atoms with Gasteiger partial charge < -0.3 is 5.73 Å². The zero-order valence-electron chi connectivity index (χ0n) is 7.29. The van der Waals surface area contributed by atoms with Crippen LogP contribution < -0.4 is 11.4 Å². The summed E-state index contributed by atoms with van der Waals surface area (Å²) in [4.78, 5) is 13.2. The van der Waals surface area contributed by atoms with E-state index in [1.54, 1.807) is 0 Å². The van der Waals surface area contributed by atoms with Crippen molar-refractivity contribution in [1.82, 2.24) is 15.2 Å². The molecule has 0 aliphatic heterocycles. The van der Waals surface area contributed by atoms with Crippen molar-refractivity contribution in [2.75, 3.05) is 0 Å². The van der Waals surface area contributed by atoms with Crippen molar-refractivity contribution in [2.24, 2.45) is 11.7 Å². The third kappa shape index (κ3) is 2.20. The Morgan fingerprint density at radius 3 is 2.67 bits per heavy atom. The molecule has 0 radical (unpaired) electrons. The molecule has 0 aromatic carbocycles. The van der Waals surface area contributed by atoms with Gasteiger partial charge in [0, 0.05) is 12.5 Å². The van der Waals surface area contributed by atoms with Crippen molar-refractivity contribution >= 4 is 0 Å². The van der Waals surface area contributed by atoms with Gasteiger partial charge in [-0.2, -0.15) is 5.10 Å². The Labute approximate surface area is 70.4 Å². The molecule has 0 saturated carbocycles. The second kappa shape index (κ2) is 3.53. The number of hydrogen-bond donors (Lipinski definition) is 3. The fourth-order valence-corrected chi connectivity index (χ4v) is 0.861. The van der Waals surface area contributed by atoms with E-state index >= 15 is 0 Å². The molecule has 12 heavy (non-hydrogen) atoms. The molecular formula is C7H14N4O. The molecule has 0 saturated heterocycles. The summed E-state index contributed by atoms with van der Waals surface area (Å²) in [6.45, 7) is 4.07. The highest BCUT2D eigenvalue weighted by molar-refractivity contribution is 4.86. The molecule has 68 valence electrons. The highest BCUT2D eigenvalue weighted by Crippen LogP contribution is 2.02. The minimum atomic E-state index is -0.277. The maximum absolute atomic E-state index is 10.6. The molecule has 0 aliphatic rings. The summed E-state index contributed by atoms with van der Waals surface area (Å²) in [7, 11) is 0. The molecule has 1 heterocycles. The van der Waals surface area contributed by atoms with E-state index in [4.69, 9.17) is 5.73 Å². The molecule has 5 heteroatoms. The van der Waals surface area contributed by atoms with Crippen LogP contribution in [0, 0.1) is 5.92 Å². The van der Waals surface area contributed by atoms with E-state index < -0.39 is 0 Å². The van der Waals surface area contributed by atoms with E-state index in [1.165, 1.54) is 0 Å². The quantitative estimate of drug-likeness (QED) is 0.578. The average Bonchev–Trinajstić information content (AvgIpc) is 2.35. The molecule has 0 amide bonds. The zero-order valence-corrected chi connectivity index (χ0v) is 7.29. The van der Waals surface area contributed by atoms with Gasteiger partial charge in [-0.05, 0) is 5.92 Å². The molecular weight excluding hydrogens is 156 g/mol. The van der Waals surface area contributed by atoms with Crippen molar-refractivity contribution in [2.45, 2.75) is 26.3 Å². The lowest BCUT2D eigenvalue weighted by atomic mass is 10.0. The van der Waals surface area contributed by atoms with E-state index in [0.717, 1.165) is 0 Å². The van der Waals surface area contributed by atoms with Gasteiger partial charge in [0.1, 0.15) is 5.82 Å². The Bertz CT molecular complexity index is 288. The third-order valence-corrected chi connectivity index (χ3v) is 1.84. The van der Waals surface area contributed by atoms with Crippen LogP contribution in [0.15, 0.2) is 4.79 Å². The molecule has 0 aliphatic carbocycles. The van der Waals surface area contributed by atoms with E-state index in [0.29, 0.717) is 18.2 Å². The van der Waals surface area contributed by atoms with Crippen LogP contribution >= 0.6 is 0 Å². The Morgan fingerprint density at radius 1 is 1.58 bits per heavy atom. The van der Waals surface area contributed by atoms with Gasteiger partial charge in [-0.25, -0.2) is 9.89 Å². The lowest BCUT2D eigenvalue weighted by Gasteiger charge is -2.12. The molecule has 0 bridgehead atoms. The fraction of sp³-hybridized carbons (Fsp3) is 0.714. The van der Waals surface area contributed by atoms with Crippen molar-refractivity contribution in [3.8, 4) is 0 Å². The summed E-state index contributed by atoms with van der Waals surface area (Å²) in [5, 5.41) is 6.06. The van der Waals surface area contributed by atoms with E-state index in [9.17, 15) is 4.79 Å². The molecule has 1 atom stereocenters. The standard InChI is InChI=1S/C7H14N4O/c1-4(2)5(8)3-6-9-7(12)11-10-6/h4-5H,3,8H2,1-2H3,(H2,9,10,11,12). The molecule has 0 spiro atoms. The average molecular weight is 170 g/mol. The van der Waals surface area contributed by atoms with Crippen LogP contribution in [0.4, 0.5) is 0 Å². The van der Waals surface area contributed by atoms with Gasteiger partial charge in [-0.15, -0.1) is 0 Å². The van der Waals surface area contributed by atoms with Crippen molar-refractivity contribution in [3.05, 3.63) is 16.3 Å². The summed E-state index contributed by atoms with van der Waals surface area (Å²) in [6.07, 6.45) is 0.608. The van der Waals surface area contributed by atoms with Gasteiger partial charge in [-0.3, -0.25) is 4.98 Å². The number of aromatic amines is 2. The van der Waals surface area contributed by atoms with Gasteiger partial charge >= 0.3 is 5.69 Å². The molecule has 0 fully saturated rings. The van der Waals surface area contributed by atoms with Crippen molar-refractivity contribution in [3.63, 3.8) is 0 Å². The van der Waals surface area contributed by atoms with Crippen LogP contribution in [0.3, 0.4) is 0 Å². The number of hydrogen-bond acceptors (Lipinski definition) is 3. The Morgan fingerprint density at radius 2 is 2.25 bits per heavy atom. The van der Waals surface area contributed by atoms with Crippen LogP contribution in [0.25, 0.3) is 0 Å². The minimum absolute atomic E-state index is 0.0453. The Hall–Kier alpha value is -1.10. The molecule has 1 rings (SSSR count). The predicted molar refractivity (Wildman–Crippen MR) is 45.7 cm³/mol. The topological polar surface area (TPSA) is 87.6 Å². The molecule has 4 N–H and O–H groups in total. The Balaban J connectivity index is 2.58. The summed E-state index contributed by atoms with van der Waals surface area (Å²) in [5.74, 6) is 1.02. The number of H-pyrrole nitrogens is 2. The third-order valence-electron chi connectivity index (χ3n) is 1.84. The van der Waals surface area contributed by atoms with Crippen LogP contribution in [-0.4, -0.2) is 21.2 Å². The largest absolute Gasteiger partial charge is 0.340 e.